The van der Waals surface area contributed by atoms with Crippen molar-refractivity contribution in [2.24, 2.45) is 0 Å². The van der Waals surface area contributed by atoms with Crippen LogP contribution in [0, 0.1) is 0 Å². The normalized spacial score (nSPS) is 13.1. The van der Waals surface area contributed by atoms with Crippen LogP contribution in [0.2, 0.25) is 0 Å². The maximum Gasteiger partial charge on any atom is 0.160 e. The molecule has 0 unspecified atom stereocenters. The highest BCUT2D eigenvalue weighted by Crippen LogP contribution is 2.47. The maximum atomic E-state index is 5.16. The molecule has 0 spiro atoms. The molecule has 0 N–H and O–H groups in total. The highest BCUT2D eigenvalue weighted by Gasteiger charge is 2.26. The van der Waals surface area contributed by atoms with Crippen LogP contribution < -0.4 is 0 Å². The molecule has 0 saturated carbocycles. The zero-order valence-electron chi connectivity index (χ0n) is 29.7. The van der Waals surface area contributed by atoms with Gasteiger partial charge < -0.3 is 4.57 Å². The van der Waals surface area contributed by atoms with Crippen LogP contribution in [0.1, 0.15) is 23.2 Å². The summed E-state index contributed by atoms with van der Waals surface area (Å²) in [7, 11) is 0. The second-order valence-corrected chi connectivity index (χ2v) is 16.5. The summed E-state index contributed by atoms with van der Waals surface area (Å²) in [5.74, 6) is 0.735. The lowest BCUT2D eigenvalue weighted by Crippen LogP contribution is -2.05. The lowest BCUT2D eigenvalue weighted by Gasteiger charge is -2.18. The molecule has 4 heterocycles. The number of rotatable bonds is 4. The highest BCUT2D eigenvalue weighted by molar-refractivity contribution is 7.27. The SMILES string of the molecule is C1=C(c2cccc3c2sc2ccccc23)CCc2c1c1c3sc4ccccc4c3ccc1n2-c1ccc(-c2nc(-c3ccccc3)c3ccccc3n2)cc1. The van der Waals surface area contributed by atoms with Gasteiger partial charge in [0, 0.05) is 79.2 Å². The molecular formula is C50H31N3S2. The van der Waals surface area contributed by atoms with E-state index in [4.69, 9.17) is 9.97 Å². The fourth-order valence-electron chi connectivity index (χ4n) is 8.83. The summed E-state index contributed by atoms with van der Waals surface area (Å²) in [5, 5.41) is 7.77. The molecule has 1 aliphatic carbocycles. The van der Waals surface area contributed by atoms with Crippen LogP contribution in [-0.4, -0.2) is 14.5 Å². The van der Waals surface area contributed by atoms with E-state index in [1.807, 2.05) is 34.8 Å². The zero-order valence-corrected chi connectivity index (χ0v) is 31.3. The minimum Gasteiger partial charge on any atom is -0.313 e. The molecule has 258 valence electrons. The molecule has 12 rings (SSSR count). The van der Waals surface area contributed by atoms with Gasteiger partial charge in [-0.25, -0.2) is 9.97 Å². The Hall–Kier alpha value is -6.40. The zero-order chi connectivity index (χ0) is 36.0. The van der Waals surface area contributed by atoms with E-state index in [-0.39, 0.29) is 0 Å². The topological polar surface area (TPSA) is 30.7 Å². The monoisotopic (exact) mass is 737 g/mol. The van der Waals surface area contributed by atoms with Crippen molar-refractivity contribution < 1.29 is 0 Å². The molecule has 7 aromatic carbocycles. The average molecular weight is 738 g/mol. The summed E-state index contributed by atoms with van der Waals surface area (Å²) in [5.41, 5.74) is 11.9. The summed E-state index contributed by atoms with van der Waals surface area (Å²) >= 11 is 3.84. The number of hydrogen-bond donors (Lipinski definition) is 0. The molecule has 0 saturated heterocycles. The Morgan fingerprint density at radius 3 is 1.96 bits per heavy atom. The van der Waals surface area contributed by atoms with E-state index >= 15 is 0 Å². The molecule has 0 atom stereocenters. The van der Waals surface area contributed by atoms with E-state index in [2.05, 4.69) is 156 Å². The van der Waals surface area contributed by atoms with Gasteiger partial charge in [0.25, 0.3) is 0 Å². The number of hydrogen-bond acceptors (Lipinski definition) is 4. The summed E-state index contributed by atoms with van der Waals surface area (Å²) in [4.78, 5) is 10.2. The Kier molecular flexibility index (Phi) is 6.79. The number of para-hydroxylation sites is 1. The minimum atomic E-state index is 0.735. The van der Waals surface area contributed by atoms with Gasteiger partial charge in [-0.05, 0) is 78.6 Å². The fourth-order valence-corrected chi connectivity index (χ4v) is 11.3. The second-order valence-electron chi connectivity index (χ2n) is 14.4. The van der Waals surface area contributed by atoms with E-state index in [0.717, 1.165) is 52.1 Å². The van der Waals surface area contributed by atoms with Crippen LogP contribution in [-0.2, 0) is 6.42 Å². The maximum absolute atomic E-state index is 5.16. The lowest BCUT2D eigenvalue weighted by molar-refractivity contribution is 0.898. The molecule has 0 radical (unpaired) electrons. The van der Waals surface area contributed by atoms with Gasteiger partial charge in [-0.3, -0.25) is 0 Å². The molecule has 55 heavy (non-hydrogen) atoms. The van der Waals surface area contributed by atoms with Crippen molar-refractivity contribution in [1.82, 2.24) is 14.5 Å². The largest absolute Gasteiger partial charge is 0.313 e. The predicted octanol–water partition coefficient (Wildman–Crippen LogP) is 14.1. The van der Waals surface area contributed by atoms with E-state index < -0.39 is 0 Å². The molecule has 0 aliphatic heterocycles. The standard InChI is InChI=1S/C50H31N3S2/c1-2-11-30(12-3-1)47-39-15-4-7-18-41(39)51-50(52-47)31-21-24-33(25-22-31)53-42-27-23-32(34-16-10-17-37-35-13-5-8-19-44(35)54-48(34)37)29-40(42)46-43(53)28-26-38-36-14-6-9-20-45(36)55-49(38)46/h1-22,24-26,28-29H,23,27H2. The van der Waals surface area contributed by atoms with Gasteiger partial charge in [-0.2, -0.15) is 0 Å². The third kappa shape index (κ3) is 4.73. The Bertz CT molecular complexity index is 3360. The van der Waals surface area contributed by atoms with Crippen molar-refractivity contribution in [2.45, 2.75) is 12.8 Å². The molecule has 0 fully saturated rings. The number of allylic oxidation sites excluding steroid dienone is 1. The summed E-state index contributed by atoms with van der Waals surface area (Å²) < 4.78 is 7.94. The quantitative estimate of drug-likeness (QED) is 0.180. The first-order valence-corrected chi connectivity index (χ1v) is 20.4. The number of aromatic nitrogens is 3. The predicted molar refractivity (Wildman–Crippen MR) is 236 cm³/mol. The molecule has 4 aromatic heterocycles. The number of thiophene rings is 2. The Morgan fingerprint density at radius 1 is 0.491 bits per heavy atom. The van der Waals surface area contributed by atoms with Crippen LogP contribution in [0.4, 0.5) is 0 Å². The highest BCUT2D eigenvalue weighted by atomic mass is 32.1. The number of nitrogens with zero attached hydrogens (tertiary/aromatic N) is 3. The molecule has 3 nitrogen and oxygen atoms in total. The number of fused-ring (bicyclic) bond motifs is 11. The van der Waals surface area contributed by atoms with Crippen LogP contribution in [0.5, 0.6) is 0 Å². The Labute approximate surface area is 325 Å². The molecule has 5 heteroatoms. The molecular weight excluding hydrogens is 707 g/mol. The first kappa shape index (κ1) is 31.0. The third-order valence-corrected chi connectivity index (χ3v) is 13.8. The summed E-state index contributed by atoms with van der Waals surface area (Å²) in [6, 6.07) is 56.8. The van der Waals surface area contributed by atoms with E-state index in [0.29, 0.717) is 0 Å². The van der Waals surface area contributed by atoms with Crippen LogP contribution >= 0.6 is 22.7 Å². The van der Waals surface area contributed by atoms with E-state index in [1.54, 1.807) is 0 Å². The van der Waals surface area contributed by atoms with Gasteiger partial charge in [0.2, 0.25) is 0 Å². The van der Waals surface area contributed by atoms with Crippen molar-refractivity contribution in [3.8, 4) is 28.3 Å². The van der Waals surface area contributed by atoms with Crippen molar-refractivity contribution in [3.05, 3.63) is 175 Å². The van der Waals surface area contributed by atoms with Gasteiger partial charge in [0.1, 0.15) is 0 Å². The van der Waals surface area contributed by atoms with Crippen molar-refractivity contribution in [3.63, 3.8) is 0 Å². The smallest absolute Gasteiger partial charge is 0.160 e. The van der Waals surface area contributed by atoms with Gasteiger partial charge in [0.05, 0.1) is 16.7 Å². The Balaban J connectivity index is 1.05. The molecule has 0 bridgehead atoms. The molecule has 0 amide bonds. The second kappa shape index (κ2) is 12.1. The van der Waals surface area contributed by atoms with E-state index in [9.17, 15) is 0 Å². The van der Waals surface area contributed by atoms with Gasteiger partial charge in [-0.1, -0.05) is 109 Å². The minimum absolute atomic E-state index is 0.735. The Morgan fingerprint density at radius 2 is 1.16 bits per heavy atom. The summed E-state index contributed by atoms with van der Waals surface area (Å²) in [6.07, 6.45) is 4.46. The molecule has 1 aliphatic rings. The van der Waals surface area contributed by atoms with Gasteiger partial charge >= 0.3 is 0 Å². The fraction of sp³-hybridized carbons (Fsp3) is 0.0400. The number of benzene rings is 7. The van der Waals surface area contributed by atoms with Crippen molar-refractivity contribution in [2.75, 3.05) is 0 Å². The third-order valence-electron chi connectivity index (χ3n) is 11.4. The van der Waals surface area contributed by atoms with Gasteiger partial charge in [-0.15, -0.1) is 22.7 Å². The van der Waals surface area contributed by atoms with Crippen LogP contribution in [0.15, 0.2) is 158 Å². The van der Waals surface area contributed by atoms with Crippen LogP contribution in [0.25, 0.3) is 102 Å². The van der Waals surface area contributed by atoms with E-state index in [1.165, 1.54) is 73.6 Å². The summed E-state index contributed by atoms with van der Waals surface area (Å²) in [6.45, 7) is 0. The first-order valence-electron chi connectivity index (χ1n) is 18.8. The van der Waals surface area contributed by atoms with Crippen molar-refractivity contribution in [1.29, 1.82) is 0 Å². The first-order chi connectivity index (χ1) is 27.3. The lowest BCUT2D eigenvalue weighted by atomic mass is 9.90. The van der Waals surface area contributed by atoms with Crippen LogP contribution in [0.3, 0.4) is 0 Å². The van der Waals surface area contributed by atoms with Crippen molar-refractivity contribution >= 4 is 96.5 Å². The average Bonchev–Trinajstić information content (AvgIpc) is 3.93. The molecule has 11 aromatic rings. The van der Waals surface area contributed by atoms with Gasteiger partial charge in [0.15, 0.2) is 5.82 Å².